The molecule has 0 radical (unpaired) electrons. The van der Waals surface area contributed by atoms with E-state index in [0.29, 0.717) is 5.56 Å². The van der Waals surface area contributed by atoms with E-state index in [1.165, 1.54) is 38.2 Å². The van der Waals surface area contributed by atoms with Gasteiger partial charge in [0.05, 0.1) is 11.7 Å². The molecule has 1 atom stereocenters. The molecule has 3 rings (SSSR count). The van der Waals surface area contributed by atoms with Gasteiger partial charge in [-0.15, -0.1) is 0 Å². The van der Waals surface area contributed by atoms with Crippen LogP contribution in [0.15, 0.2) is 18.2 Å². The first-order valence-corrected chi connectivity index (χ1v) is 7.35. The molecule has 19 heavy (non-hydrogen) atoms. The van der Waals surface area contributed by atoms with E-state index < -0.39 is 0 Å². The number of rotatable bonds is 3. The molecule has 0 aromatic heterocycles. The van der Waals surface area contributed by atoms with Crippen LogP contribution in [0, 0.1) is 12.7 Å². The summed E-state index contributed by atoms with van der Waals surface area (Å²) in [5, 5.41) is 3.34. The van der Waals surface area contributed by atoms with E-state index in [4.69, 9.17) is 4.74 Å². The Labute approximate surface area is 114 Å². The van der Waals surface area contributed by atoms with Crippen molar-refractivity contribution in [1.82, 2.24) is 0 Å². The van der Waals surface area contributed by atoms with E-state index in [2.05, 4.69) is 5.32 Å². The van der Waals surface area contributed by atoms with Crippen LogP contribution in [-0.2, 0) is 4.74 Å². The number of benzene rings is 1. The smallest absolute Gasteiger partial charge is 0.128 e. The Morgan fingerprint density at radius 1 is 1.32 bits per heavy atom. The van der Waals surface area contributed by atoms with Crippen LogP contribution in [0.2, 0.25) is 0 Å². The summed E-state index contributed by atoms with van der Waals surface area (Å²) in [7, 11) is 0. The summed E-state index contributed by atoms with van der Waals surface area (Å²) in [4.78, 5) is 0. The third-order valence-electron chi connectivity index (χ3n) is 4.64. The summed E-state index contributed by atoms with van der Waals surface area (Å²) < 4.78 is 19.7. The Balaban J connectivity index is 1.57. The predicted molar refractivity (Wildman–Crippen MR) is 74.9 cm³/mol. The molecule has 3 heteroatoms. The Hall–Kier alpha value is -1.09. The summed E-state index contributed by atoms with van der Waals surface area (Å²) in [6.45, 7) is 2.59. The minimum Gasteiger partial charge on any atom is -0.382 e. The molecule has 1 N–H and O–H groups in total. The second kappa shape index (κ2) is 5.12. The van der Waals surface area contributed by atoms with E-state index >= 15 is 0 Å². The fourth-order valence-corrected chi connectivity index (χ4v) is 3.45. The highest BCUT2D eigenvalue weighted by atomic mass is 19.1. The molecule has 1 saturated heterocycles. The van der Waals surface area contributed by atoms with Gasteiger partial charge in [-0.05, 0) is 44.7 Å². The number of nitrogens with one attached hydrogen (secondary N) is 1. The summed E-state index contributed by atoms with van der Waals surface area (Å²) in [5.74, 6) is -0.149. The maximum absolute atomic E-state index is 13.4. The quantitative estimate of drug-likeness (QED) is 0.888. The highest BCUT2D eigenvalue weighted by Gasteiger charge is 2.41. The van der Waals surface area contributed by atoms with Crippen LogP contribution in [0.3, 0.4) is 0 Å². The van der Waals surface area contributed by atoms with Gasteiger partial charge in [-0.25, -0.2) is 4.39 Å². The average molecular weight is 263 g/mol. The van der Waals surface area contributed by atoms with Crippen molar-refractivity contribution < 1.29 is 9.13 Å². The van der Waals surface area contributed by atoms with Crippen LogP contribution in [0.4, 0.5) is 10.1 Å². The van der Waals surface area contributed by atoms with Gasteiger partial charge in [0.1, 0.15) is 5.82 Å². The zero-order valence-electron chi connectivity index (χ0n) is 11.5. The van der Waals surface area contributed by atoms with E-state index in [9.17, 15) is 4.39 Å². The van der Waals surface area contributed by atoms with Crippen molar-refractivity contribution >= 4 is 5.69 Å². The normalized spacial score (nSPS) is 25.1. The van der Waals surface area contributed by atoms with Gasteiger partial charge in [0.25, 0.3) is 0 Å². The first kappa shape index (κ1) is 12.9. The van der Waals surface area contributed by atoms with Gasteiger partial charge >= 0.3 is 0 Å². The minimum atomic E-state index is -0.149. The Bertz CT molecular complexity index is 454. The molecule has 2 aliphatic rings. The lowest BCUT2D eigenvalue weighted by atomic mass is 9.98. The molecule has 1 heterocycles. The molecule has 1 aliphatic heterocycles. The highest BCUT2D eigenvalue weighted by Crippen LogP contribution is 2.43. The van der Waals surface area contributed by atoms with E-state index in [1.807, 2.05) is 13.0 Å². The van der Waals surface area contributed by atoms with Crippen LogP contribution < -0.4 is 5.32 Å². The van der Waals surface area contributed by atoms with Crippen molar-refractivity contribution in [1.29, 1.82) is 0 Å². The first-order chi connectivity index (χ1) is 9.19. The van der Waals surface area contributed by atoms with Crippen LogP contribution >= 0.6 is 0 Å². The van der Waals surface area contributed by atoms with E-state index in [0.717, 1.165) is 18.7 Å². The van der Waals surface area contributed by atoms with Gasteiger partial charge in [0.15, 0.2) is 0 Å². The maximum atomic E-state index is 13.4. The topological polar surface area (TPSA) is 21.3 Å². The minimum absolute atomic E-state index is 0.149. The lowest BCUT2D eigenvalue weighted by molar-refractivity contribution is -0.0307. The fraction of sp³-hybridized carbons (Fsp3) is 0.625. The zero-order valence-corrected chi connectivity index (χ0v) is 11.5. The van der Waals surface area contributed by atoms with Crippen LogP contribution in [0.5, 0.6) is 0 Å². The van der Waals surface area contributed by atoms with Crippen molar-refractivity contribution in [2.75, 3.05) is 11.9 Å². The lowest BCUT2D eigenvalue weighted by Gasteiger charge is -2.24. The van der Waals surface area contributed by atoms with Gasteiger partial charge in [0.2, 0.25) is 0 Å². The number of ether oxygens (including phenoxy) is 1. The maximum Gasteiger partial charge on any atom is 0.128 e. The third-order valence-corrected chi connectivity index (χ3v) is 4.64. The molecule has 2 nitrogen and oxygen atoms in total. The molecule has 1 spiro atoms. The molecule has 104 valence electrons. The fourth-order valence-electron chi connectivity index (χ4n) is 3.45. The molecule has 0 amide bonds. The molecule has 2 fully saturated rings. The molecule has 1 aromatic carbocycles. The van der Waals surface area contributed by atoms with Crippen molar-refractivity contribution in [3.8, 4) is 0 Å². The van der Waals surface area contributed by atoms with Gasteiger partial charge < -0.3 is 10.1 Å². The largest absolute Gasteiger partial charge is 0.382 e. The average Bonchev–Trinajstić information content (AvgIpc) is 3.02. The Kier molecular flexibility index (Phi) is 3.48. The van der Waals surface area contributed by atoms with Gasteiger partial charge in [-0.1, -0.05) is 18.9 Å². The zero-order chi connectivity index (χ0) is 13.3. The number of halogens is 1. The number of hydrogen-bond donors (Lipinski definition) is 1. The summed E-state index contributed by atoms with van der Waals surface area (Å²) in [6.07, 6.45) is 7.67. The summed E-state index contributed by atoms with van der Waals surface area (Å²) >= 11 is 0. The van der Waals surface area contributed by atoms with Crippen LogP contribution in [0.25, 0.3) is 0 Å². The second-order valence-electron chi connectivity index (χ2n) is 5.96. The van der Waals surface area contributed by atoms with E-state index in [1.54, 1.807) is 6.07 Å². The standard InChI is InChI=1S/C16H22FNO/c1-12-14(17)5-4-6-15(12)18-11-13-7-10-16(19-13)8-2-3-9-16/h4-6,13,18H,2-3,7-11H2,1H3. The van der Waals surface area contributed by atoms with Crippen molar-refractivity contribution in [2.45, 2.75) is 57.2 Å². The molecule has 1 saturated carbocycles. The van der Waals surface area contributed by atoms with Gasteiger partial charge in [-0.2, -0.15) is 0 Å². The van der Waals surface area contributed by atoms with Crippen molar-refractivity contribution in [3.05, 3.63) is 29.6 Å². The van der Waals surface area contributed by atoms with Crippen LogP contribution in [0.1, 0.15) is 44.1 Å². The van der Waals surface area contributed by atoms with E-state index in [-0.39, 0.29) is 17.5 Å². The Morgan fingerprint density at radius 3 is 2.89 bits per heavy atom. The number of hydrogen-bond acceptors (Lipinski definition) is 2. The third kappa shape index (κ3) is 2.62. The molecule has 1 aromatic rings. The monoisotopic (exact) mass is 263 g/mol. The predicted octanol–water partition coefficient (Wildman–Crippen LogP) is 4.04. The van der Waals surface area contributed by atoms with Crippen LogP contribution in [-0.4, -0.2) is 18.2 Å². The lowest BCUT2D eigenvalue weighted by Crippen LogP contribution is -2.28. The van der Waals surface area contributed by atoms with Gasteiger partial charge in [0, 0.05) is 17.8 Å². The molecular weight excluding hydrogens is 241 g/mol. The molecular formula is C16H22FNO. The molecule has 1 aliphatic carbocycles. The van der Waals surface area contributed by atoms with Crippen molar-refractivity contribution in [2.24, 2.45) is 0 Å². The summed E-state index contributed by atoms with van der Waals surface area (Å²) in [6, 6.07) is 5.18. The number of anilines is 1. The molecule has 1 unspecified atom stereocenters. The highest BCUT2D eigenvalue weighted by molar-refractivity contribution is 5.51. The molecule has 0 bridgehead atoms. The van der Waals surface area contributed by atoms with Gasteiger partial charge in [-0.3, -0.25) is 0 Å². The summed E-state index contributed by atoms with van der Waals surface area (Å²) in [5.41, 5.74) is 1.76. The Morgan fingerprint density at radius 2 is 2.11 bits per heavy atom. The second-order valence-corrected chi connectivity index (χ2v) is 5.96. The van der Waals surface area contributed by atoms with Crippen molar-refractivity contribution in [3.63, 3.8) is 0 Å². The first-order valence-electron chi connectivity index (χ1n) is 7.35. The SMILES string of the molecule is Cc1c(F)cccc1NCC1CCC2(CCCC2)O1.